The molecule has 0 saturated carbocycles. The van der Waals surface area contributed by atoms with E-state index in [0.717, 1.165) is 29.2 Å². The molecular formula is C15H21IN4OS. The van der Waals surface area contributed by atoms with Crippen molar-refractivity contribution >= 4 is 41.3 Å². The van der Waals surface area contributed by atoms with Crippen LogP contribution in [0.25, 0.3) is 10.6 Å². The number of nitrogens with zero attached hydrogens (tertiary/aromatic N) is 2. The molecule has 7 heteroatoms. The van der Waals surface area contributed by atoms with Crippen LogP contribution in [-0.4, -0.2) is 37.7 Å². The van der Waals surface area contributed by atoms with E-state index >= 15 is 0 Å². The van der Waals surface area contributed by atoms with E-state index in [0.29, 0.717) is 19.1 Å². The molecule has 0 aliphatic heterocycles. The number of hydrogen-bond donors (Lipinski definition) is 2. The molecule has 2 aromatic rings. The molecule has 1 heterocycles. The topological polar surface area (TPSA) is 72.5 Å². The zero-order valence-electron chi connectivity index (χ0n) is 12.5. The summed E-state index contributed by atoms with van der Waals surface area (Å²) in [5, 5.41) is 6.21. The number of methoxy groups -OCH3 is 1. The first-order valence-electron chi connectivity index (χ1n) is 6.82. The molecule has 0 unspecified atom stereocenters. The fourth-order valence-corrected chi connectivity index (χ4v) is 2.63. The highest BCUT2D eigenvalue weighted by Crippen LogP contribution is 2.23. The monoisotopic (exact) mass is 432 g/mol. The van der Waals surface area contributed by atoms with Crippen LogP contribution in [0.2, 0.25) is 0 Å². The Labute approximate surface area is 152 Å². The molecule has 0 fully saturated rings. The van der Waals surface area contributed by atoms with Crippen LogP contribution in [0, 0.1) is 0 Å². The minimum atomic E-state index is 0. The average molecular weight is 432 g/mol. The van der Waals surface area contributed by atoms with Gasteiger partial charge in [0.15, 0.2) is 5.96 Å². The highest BCUT2D eigenvalue weighted by molar-refractivity contribution is 14.0. The van der Waals surface area contributed by atoms with Gasteiger partial charge < -0.3 is 15.8 Å². The zero-order valence-corrected chi connectivity index (χ0v) is 15.6. The van der Waals surface area contributed by atoms with Crippen molar-refractivity contribution < 1.29 is 4.74 Å². The number of ether oxygens (including phenoxy) is 1. The van der Waals surface area contributed by atoms with Crippen LogP contribution in [0.1, 0.15) is 5.69 Å². The quantitative estimate of drug-likeness (QED) is 0.305. The summed E-state index contributed by atoms with van der Waals surface area (Å²) in [4.78, 5) is 8.77. The third-order valence-electron chi connectivity index (χ3n) is 2.84. The number of thiazole rings is 1. The van der Waals surface area contributed by atoms with Gasteiger partial charge in [-0.2, -0.15) is 0 Å². The van der Waals surface area contributed by atoms with Gasteiger partial charge in [-0.15, -0.1) is 35.3 Å². The molecule has 120 valence electrons. The third kappa shape index (κ3) is 6.29. The molecular weight excluding hydrogens is 411 g/mol. The number of hydrogen-bond acceptors (Lipinski definition) is 4. The van der Waals surface area contributed by atoms with Crippen molar-refractivity contribution in [1.82, 2.24) is 10.3 Å². The molecule has 0 aliphatic carbocycles. The lowest BCUT2D eigenvalue weighted by Crippen LogP contribution is -2.33. The van der Waals surface area contributed by atoms with Gasteiger partial charge in [-0.1, -0.05) is 30.3 Å². The van der Waals surface area contributed by atoms with Gasteiger partial charge in [0.05, 0.1) is 18.8 Å². The van der Waals surface area contributed by atoms with E-state index in [1.165, 1.54) is 0 Å². The maximum absolute atomic E-state index is 5.74. The molecule has 0 aliphatic rings. The molecule has 22 heavy (non-hydrogen) atoms. The summed E-state index contributed by atoms with van der Waals surface area (Å²) in [6.45, 7) is 1.87. The average Bonchev–Trinajstić information content (AvgIpc) is 2.97. The SMILES string of the molecule is COCCN=C(N)NCCc1csc(-c2ccccc2)n1.I. The predicted octanol–water partition coefficient (Wildman–Crippen LogP) is 2.52. The summed E-state index contributed by atoms with van der Waals surface area (Å²) >= 11 is 1.66. The lowest BCUT2D eigenvalue weighted by atomic mass is 10.2. The first kappa shape index (κ1) is 18.9. The van der Waals surface area contributed by atoms with Gasteiger partial charge in [-0.05, 0) is 0 Å². The van der Waals surface area contributed by atoms with Gasteiger partial charge in [0.25, 0.3) is 0 Å². The van der Waals surface area contributed by atoms with Gasteiger partial charge in [-0.25, -0.2) is 4.98 Å². The van der Waals surface area contributed by atoms with Gasteiger partial charge in [-0.3, -0.25) is 4.99 Å². The van der Waals surface area contributed by atoms with E-state index in [-0.39, 0.29) is 24.0 Å². The zero-order chi connectivity index (χ0) is 14.9. The molecule has 0 amide bonds. The van der Waals surface area contributed by atoms with Crippen molar-refractivity contribution in [2.75, 3.05) is 26.8 Å². The van der Waals surface area contributed by atoms with Crippen LogP contribution in [0.5, 0.6) is 0 Å². The second kappa shape index (κ2) is 10.5. The predicted molar refractivity (Wildman–Crippen MR) is 103 cm³/mol. The molecule has 0 spiro atoms. The lowest BCUT2D eigenvalue weighted by molar-refractivity contribution is 0.208. The Kier molecular flexibility index (Phi) is 9.02. The van der Waals surface area contributed by atoms with Gasteiger partial charge >= 0.3 is 0 Å². The molecule has 1 aromatic carbocycles. The Balaban J connectivity index is 0.00000242. The van der Waals surface area contributed by atoms with E-state index in [1.54, 1.807) is 18.4 Å². The molecule has 0 atom stereocenters. The van der Waals surface area contributed by atoms with E-state index in [4.69, 9.17) is 10.5 Å². The van der Waals surface area contributed by atoms with Crippen molar-refractivity contribution in [2.24, 2.45) is 10.7 Å². The number of guanidine groups is 1. The first-order chi connectivity index (χ1) is 10.3. The summed E-state index contributed by atoms with van der Waals surface area (Å²) in [7, 11) is 1.64. The van der Waals surface area contributed by atoms with Crippen molar-refractivity contribution in [3.63, 3.8) is 0 Å². The van der Waals surface area contributed by atoms with E-state index < -0.39 is 0 Å². The van der Waals surface area contributed by atoms with Gasteiger partial charge in [0.1, 0.15) is 5.01 Å². The van der Waals surface area contributed by atoms with Crippen LogP contribution in [0.3, 0.4) is 0 Å². The van der Waals surface area contributed by atoms with Crippen molar-refractivity contribution in [3.05, 3.63) is 41.4 Å². The number of nitrogens with one attached hydrogen (secondary N) is 1. The Morgan fingerprint density at radius 3 is 2.86 bits per heavy atom. The Bertz CT molecular complexity index is 574. The summed E-state index contributed by atoms with van der Waals surface area (Å²) in [5.74, 6) is 0.450. The van der Waals surface area contributed by atoms with Crippen molar-refractivity contribution in [1.29, 1.82) is 0 Å². The normalized spacial score (nSPS) is 11.0. The first-order valence-corrected chi connectivity index (χ1v) is 7.70. The third-order valence-corrected chi connectivity index (χ3v) is 3.78. The van der Waals surface area contributed by atoms with Crippen LogP contribution in [-0.2, 0) is 11.2 Å². The lowest BCUT2D eigenvalue weighted by Gasteiger charge is -2.04. The standard InChI is InChI=1S/C15H20N4OS.HI/c1-20-10-9-18-15(16)17-8-7-13-11-21-14(19-13)12-5-3-2-4-6-12;/h2-6,11H,7-10H2,1H3,(H3,16,17,18);1H. The largest absolute Gasteiger partial charge is 0.383 e. The molecule has 0 saturated heterocycles. The van der Waals surface area contributed by atoms with Crippen LogP contribution in [0.4, 0.5) is 0 Å². The van der Waals surface area contributed by atoms with Gasteiger partial charge in [0, 0.05) is 31.0 Å². The van der Waals surface area contributed by atoms with Crippen molar-refractivity contribution in [2.45, 2.75) is 6.42 Å². The Morgan fingerprint density at radius 1 is 1.36 bits per heavy atom. The number of aromatic nitrogens is 1. The fourth-order valence-electron chi connectivity index (χ4n) is 1.77. The van der Waals surface area contributed by atoms with Gasteiger partial charge in [0.2, 0.25) is 0 Å². The van der Waals surface area contributed by atoms with E-state index in [9.17, 15) is 0 Å². The summed E-state index contributed by atoms with van der Waals surface area (Å²) in [6.07, 6.45) is 0.823. The maximum atomic E-state index is 5.74. The second-order valence-corrected chi connectivity index (χ2v) is 5.30. The Morgan fingerprint density at radius 2 is 2.14 bits per heavy atom. The van der Waals surface area contributed by atoms with Crippen LogP contribution >= 0.6 is 35.3 Å². The number of aliphatic imine (C=N–C) groups is 1. The highest BCUT2D eigenvalue weighted by atomic mass is 127. The molecule has 0 radical (unpaired) electrons. The minimum Gasteiger partial charge on any atom is -0.383 e. The smallest absolute Gasteiger partial charge is 0.188 e. The second-order valence-electron chi connectivity index (χ2n) is 4.45. The molecule has 0 bridgehead atoms. The van der Waals surface area contributed by atoms with Crippen LogP contribution < -0.4 is 11.1 Å². The maximum Gasteiger partial charge on any atom is 0.188 e. The van der Waals surface area contributed by atoms with E-state index in [2.05, 4.69) is 32.8 Å². The Hall–Kier alpha value is -1.19. The fraction of sp³-hybridized carbons (Fsp3) is 0.333. The number of rotatable bonds is 7. The summed E-state index contributed by atoms with van der Waals surface area (Å²) in [5.41, 5.74) is 7.96. The van der Waals surface area contributed by atoms with E-state index in [1.807, 2.05) is 18.2 Å². The number of benzene rings is 1. The number of halogens is 1. The minimum absolute atomic E-state index is 0. The van der Waals surface area contributed by atoms with Crippen molar-refractivity contribution in [3.8, 4) is 10.6 Å². The van der Waals surface area contributed by atoms with Crippen LogP contribution in [0.15, 0.2) is 40.7 Å². The summed E-state index contributed by atoms with van der Waals surface area (Å²) in [6, 6.07) is 10.2. The molecule has 3 N–H and O–H groups in total. The summed E-state index contributed by atoms with van der Waals surface area (Å²) < 4.78 is 4.91. The molecule has 2 rings (SSSR count). The highest BCUT2D eigenvalue weighted by Gasteiger charge is 2.04. The molecule has 5 nitrogen and oxygen atoms in total. The molecule has 1 aromatic heterocycles. The number of nitrogens with two attached hydrogens (primary N) is 1.